The van der Waals surface area contributed by atoms with Crippen LogP contribution in [0.4, 0.5) is 0 Å². The van der Waals surface area contributed by atoms with Crippen molar-refractivity contribution in [3.63, 3.8) is 0 Å². The summed E-state index contributed by atoms with van der Waals surface area (Å²) in [7, 11) is 0. The van der Waals surface area contributed by atoms with Gasteiger partial charge in [0.2, 0.25) is 5.91 Å². The topological polar surface area (TPSA) is 40.5 Å². The molecule has 31 heavy (non-hydrogen) atoms. The van der Waals surface area contributed by atoms with Gasteiger partial charge in [-0.3, -0.25) is 4.79 Å². The Kier molecular flexibility index (Phi) is 8.15. The van der Waals surface area contributed by atoms with E-state index < -0.39 is 0 Å². The molecule has 3 nitrogen and oxygen atoms in total. The van der Waals surface area contributed by atoms with Gasteiger partial charge < -0.3 is 10.0 Å². The van der Waals surface area contributed by atoms with Crippen molar-refractivity contribution in [1.82, 2.24) is 4.90 Å². The van der Waals surface area contributed by atoms with Crippen molar-refractivity contribution >= 4 is 23.3 Å². The van der Waals surface area contributed by atoms with E-state index in [1.807, 2.05) is 23.1 Å². The molecule has 0 aliphatic rings. The largest absolute Gasteiger partial charge is 0.507 e. The Labute approximate surface area is 192 Å². The fraction of sp³-hybridized carbons (Fsp3) is 0.519. The van der Waals surface area contributed by atoms with E-state index in [0.717, 1.165) is 36.1 Å². The lowest BCUT2D eigenvalue weighted by Gasteiger charge is -2.28. The second-order valence-electron chi connectivity index (χ2n) is 10.4. The summed E-state index contributed by atoms with van der Waals surface area (Å²) in [5.74, 6) is 0.394. The molecule has 0 aliphatic carbocycles. The van der Waals surface area contributed by atoms with Crippen LogP contribution in [0.25, 0.3) is 6.08 Å². The maximum atomic E-state index is 13.1. The Bertz CT molecular complexity index is 890. The first kappa shape index (κ1) is 25.2. The van der Waals surface area contributed by atoms with E-state index in [1.54, 1.807) is 17.4 Å². The van der Waals surface area contributed by atoms with Gasteiger partial charge in [0.1, 0.15) is 5.75 Å². The van der Waals surface area contributed by atoms with Crippen molar-refractivity contribution in [2.45, 2.75) is 85.6 Å². The second kappa shape index (κ2) is 10.0. The Balaban J connectivity index is 2.36. The van der Waals surface area contributed by atoms with Gasteiger partial charge in [0, 0.05) is 28.6 Å². The zero-order valence-electron chi connectivity index (χ0n) is 20.5. The minimum Gasteiger partial charge on any atom is -0.507 e. The summed E-state index contributed by atoms with van der Waals surface area (Å²) in [6.45, 7) is 18.3. The van der Waals surface area contributed by atoms with Crippen molar-refractivity contribution < 1.29 is 9.90 Å². The van der Waals surface area contributed by atoms with Gasteiger partial charge >= 0.3 is 0 Å². The van der Waals surface area contributed by atoms with Crippen molar-refractivity contribution in [3.05, 3.63) is 56.8 Å². The quantitative estimate of drug-likeness (QED) is 0.462. The lowest BCUT2D eigenvalue weighted by Crippen LogP contribution is -2.29. The van der Waals surface area contributed by atoms with Crippen molar-refractivity contribution in [2.75, 3.05) is 6.54 Å². The molecule has 1 aromatic carbocycles. The maximum Gasteiger partial charge on any atom is 0.246 e. The number of amides is 1. The molecule has 0 saturated heterocycles. The van der Waals surface area contributed by atoms with Crippen LogP contribution in [-0.4, -0.2) is 22.5 Å². The fourth-order valence-corrected chi connectivity index (χ4v) is 4.45. The fourth-order valence-electron chi connectivity index (χ4n) is 3.52. The van der Waals surface area contributed by atoms with E-state index in [9.17, 15) is 9.90 Å². The molecule has 1 aromatic heterocycles. The number of phenols is 1. The molecule has 0 aliphatic heterocycles. The van der Waals surface area contributed by atoms with E-state index >= 15 is 0 Å². The number of phenolic OH excluding ortho intramolecular Hbond substituents is 1. The van der Waals surface area contributed by atoms with Crippen LogP contribution in [0.1, 0.15) is 88.4 Å². The predicted molar refractivity (Wildman–Crippen MR) is 134 cm³/mol. The molecular weight excluding hydrogens is 402 g/mol. The molecule has 170 valence electrons. The number of hydrogen-bond donors (Lipinski definition) is 1. The zero-order chi connectivity index (χ0) is 23.4. The van der Waals surface area contributed by atoms with Gasteiger partial charge in [0.25, 0.3) is 0 Å². The number of unbranched alkanes of at least 4 members (excludes halogenated alkanes) is 1. The average Bonchev–Trinajstić information content (AvgIpc) is 3.06. The second-order valence-corrected chi connectivity index (χ2v) is 11.4. The lowest BCUT2D eigenvalue weighted by molar-refractivity contribution is -0.126. The van der Waals surface area contributed by atoms with E-state index in [1.165, 1.54) is 10.4 Å². The Morgan fingerprint density at radius 3 is 2.13 bits per heavy atom. The highest BCUT2D eigenvalue weighted by atomic mass is 32.1. The number of hydrogen-bond acceptors (Lipinski definition) is 3. The minimum absolute atomic E-state index is 0.0314. The van der Waals surface area contributed by atoms with Crippen molar-refractivity contribution in [1.29, 1.82) is 0 Å². The van der Waals surface area contributed by atoms with Gasteiger partial charge in [0.15, 0.2) is 0 Å². The van der Waals surface area contributed by atoms with Crippen molar-refractivity contribution in [3.8, 4) is 5.75 Å². The van der Waals surface area contributed by atoms with Crippen molar-refractivity contribution in [2.24, 2.45) is 0 Å². The van der Waals surface area contributed by atoms with Crippen LogP contribution in [0.2, 0.25) is 0 Å². The number of carbonyl (C=O) groups excluding carboxylic acids is 1. The van der Waals surface area contributed by atoms with Crippen LogP contribution in [0.5, 0.6) is 5.75 Å². The number of aryl methyl sites for hydroxylation is 1. The molecule has 2 aromatic rings. The lowest BCUT2D eigenvalue weighted by atomic mass is 9.78. The van der Waals surface area contributed by atoms with Gasteiger partial charge in [-0.15, -0.1) is 11.3 Å². The molecule has 0 atom stereocenters. The average molecular weight is 442 g/mol. The summed E-state index contributed by atoms with van der Waals surface area (Å²) >= 11 is 1.71. The van der Waals surface area contributed by atoms with Gasteiger partial charge in [-0.1, -0.05) is 54.9 Å². The number of rotatable bonds is 7. The SMILES string of the molecule is CCCCN(Cc1sccc1C)C(=O)/C=C/c1cc(C(C)(C)C)c(O)c(C(C)(C)C)c1. The summed E-state index contributed by atoms with van der Waals surface area (Å²) in [6, 6.07) is 6.12. The monoisotopic (exact) mass is 441 g/mol. The first-order chi connectivity index (χ1) is 14.3. The molecule has 1 amide bonds. The Morgan fingerprint density at radius 1 is 1.10 bits per heavy atom. The number of thiophene rings is 1. The molecule has 0 unspecified atom stereocenters. The Morgan fingerprint density at radius 2 is 1.68 bits per heavy atom. The third-order valence-electron chi connectivity index (χ3n) is 5.56. The molecule has 0 fully saturated rings. The summed E-state index contributed by atoms with van der Waals surface area (Å²) in [5.41, 5.74) is 3.62. The predicted octanol–water partition coefficient (Wildman–Crippen LogP) is 7.20. The third-order valence-corrected chi connectivity index (χ3v) is 6.57. The third kappa shape index (κ3) is 6.70. The first-order valence-corrected chi connectivity index (χ1v) is 12.1. The maximum absolute atomic E-state index is 13.1. The van der Waals surface area contributed by atoms with E-state index in [-0.39, 0.29) is 16.7 Å². The standard InChI is InChI=1S/C27H39NO2S/c1-9-10-14-28(18-23-19(2)13-15-31-23)24(29)12-11-20-16-21(26(3,4)5)25(30)22(17-20)27(6,7)8/h11-13,15-17,30H,9-10,14,18H2,1-8H3/b12-11+. The smallest absolute Gasteiger partial charge is 0.246 e. The van der Waals surface area contributed by atoms with E-state index in [0.29, 0.717) is 12.3 Å². The van der Waals surface area contributed by atoms with Crippen LogP contribution in [0.3, 0.4) is 0 Å². The van der Waals surface area contributed by atoms with Crippen LogP contribution < -0.4 is 0 Å². The number of carbonyl (C=O) groups is 1. The van der Waals surface area contributed by atoms with Crippen LogP contribution >= 0.6 is 11.3 Å². The number of aromatic hydroxyl groups is 1. The molecule has 0 spiro atoms. The van der Waals surface area contributed by atoms with Gasteiger partial charge in [0.05, 0.1) is 6.54 Å². The highest BCUT2D eigenvalue weighted by Gasteiger charge is 2.26. The molecule has 4 heteroatoms. The van der Waals surface area contributed by atoms with E-state index in [4.69, 9.17) is 0 Å². The summed E-state index contributed by atoms with van der Waals surface area (Å²) in [5, 5.41) is 13.0. The van der Waals surface area contributed by atoms with Gasteiger partial charge in [-0.05, 0) is 65.0 Å². The summed E-state index contributed by atoms with van der Waals surface area (Å²) in [4.78, 5) is 16.3. The highest BCUT2D eigenvalue weighted by molar-refractivity contribution is 7.10. The van der Waals surface area contributed by atoms with Crippen LogP contribution in [0.15, 0.2) is 29.7 Å². The van der Waals surface area contributed by atoms with Crippen LogP contribution in [0, 0.1) is 6.92 Å². The van der Waals surface area contributed by atoms with E-state index in [2.05, 4.69) is 66.8 Å². The molecule has 0 bridgehead atoms. The van der Waals surface area contributed by atoms with Gasteiger partial charge in [-0.25, -0.2) is 0 Å². The number of benzene rings is 1. The molecule has 0 saturated carbocycles. The summed E-state index contributed by atoms with van der Waals surface area (Å²) < 4.78 is 0. The molecule has 1 heterocycles. The first-order valence-electron chi connectivity index (χ1n) is 11.2. The molecule has 0 radical (unpaired) electrons. The Hall–Kier alpha value is -2.07. The molecular formula is C27H39NO2S. The highest BCUT2D eigenvalue weighted by Crippen LogP contribution is 2.40. The summed E-state index contributed by atoms with van der Waals surface area (Å²) in [6.07, 6.45) is 5.63. The normalized spacial score (nSPS) is 12.5. The molecule has 2 rings (SSSR count). The molecule has 1 N–H and O–H groups in total. The van der Waals surface area contributed by atoms with Gasteiger partial charge in [-0.2, -0.15) is 0 Å². The number of nitrogens with zero attached hydrogens (tertiary/aromatic N) is 1. The van der Waals surface area contributed by atoms with Crippen LogP contribution in [-0.2, 0) is 22.2 Å². The zero-order valence-corrected chi connectivity index (χ0v) is 21.3. The minimum atomic E-state index is -0.193.